The average molecular weight is 279 g/mol. The van der Waals surface area contributed by atoms with Crippen molar-refractivity contribution in [2.75, 3.05) is 20.8 Å². The Labute approximate surface area is 116 Å². The molecule has 0 bridgehead atoms. The Bertz CT molecular complexity index is 528. The maximum Gasteiger partial charge on any atom is 0.308 e. The second-order valence-corrected chi connectivity index (χ2v) is 4.69. The monoisotopic (exact) mass is 279 g/mol. The molecule has 0 aliphatic carbocycles. The van der Waals surface area contributed by atoms with Crippen LogP contribution in [0.2, 0.25) is 0 Å². The molecule has 2 rings (SSSR count). The molecule has 1 amide bonds. The summed E-state index contributed by atoms with van der Waals surface area (Å²) in [5.41, 5.74) is 0.827. The van der Waals surface area contributed by atoms with Gasteiger partial charge in [-0.2, -0.15) is 0 Å². The maximum absolute atomic E-state index is 11.8. The zero-order chi connectivity index (χ0) is 14.7. The standard InChI is InChI=1S/C14H17NO5/c1-19-11-4-3-9(12(6-11)20-2)7-15-8-10(14(17)18)5-13(15)16/h3-4,6,10H,5,7-8H2,1-2H3,(H,17,18)/t10-/m0/s1. The fourth-order valence-corrected chi connectivity index (χ4v) is 2.28. The highest BCUT2D eigenvalue weighted by molar-refractivity contribution is 5.86. The second kappa shape index (κ2) is 5.81. The molecular weight excluding hydrogens is 262 g/mol. The summed E-state index contributed by atoms with van der Waals surface area (Å²) >= 11 is 0. The lowest BCUT2D eigenvalue weighted by Crippen LogP contribution is -2.26. The largest absolute Gasteiger partial charge is 0.497 e. The molecule has 1 aromatic rings. The van der Waals surface area contributed by atoms with Gasteiger partial charge in [-0.05, 0) is 12.1 Å². The molecule has 1 aliphatic heterocycles. The van der Waals surface area contributed by atoms with Gasteiger partial charge >= 0.3 is 5.97 Å². The molecule has 0 spiro atoms. The van der Waals surface area contributed by atoms with Crippen molar-refractivity contribution in [2.45, 2.75) is 13.0 Å². The molecule has 1 atom stereocenters. The molecule has 0 aromatic heterocycles. The van der Waals surface area contributed by atoms with Crippen LogP contribution in [0.15, 0.2) is 18.2 Å². The predicted octanol–water partition coefficient (Wildman–Crippen LogP) is 1.14. The van der Waals surface area contributed by atoms with Crippen LogP contribution >= 0.6 is 0 Å². The fraction of sp³-hybridized carbons (Fsp3) is 0.429. The smallest absolute Gasteiger partial charge is 0.308 e. The SMILES string of the molecule is COc1ccc(CN2C[C@@H](C(=O)O)CC2=O)c(OC)c1. The van der Waals surface area contributed by atoms with E-state index in [0.29, 0.717) is 18.0 Å². The van der Waals surface area contributed by atoms with Crippen molar-refractivity contribution >= 4 is 11.9 Å². The second-order valence-electron chi connectivity index (χ2n) is 4.69. The van der Waals surface area contributed by atoms with Crippen LogP contribution in [0.3, 0.4) is 0 Å². The number of amides is 1. The van der Waals surface area contributed by atoms with Crippen molar-refractivity contribution in [2.24, 2.45) is 5.92 Å². The Morgan fingerprint density at radius 3 is 2.70 bits per heavy atom. The number of rotatable bonds is 5. The van der Waals surface area contributed by atoms with Gasteiger partial charge in [0.25, 0.3) is 0 Å². The summed E-state index contributed by atoms with van der Waals surface area (Å²) in [4.78, 5) is 24.3. The number of benzene rings is 1. The van der Waals surface area contributed by atoms with Crippen molar-refractivity contribution in [3.8, 4) is 11.5 Å². The number of nitrogens with zero attached hydrogens (tertiary/aromatic N) is 1. The Hall–Kier alpha value is -2.24. The van der Waals surface area contributed by atoms with Crippen molar-refractivity contribution in [3.63, 3.8) is 0 Å². The first-order valence-corrected chi connectivity index (χ1v) is 6.26. The maximum atomic E-state index is 11.8. The molecular formula is C14H17NO5. The molecule has 108 valence electrons. The lowest BCUT2D eigenvalue weighted by atomic mass is 10.1. The van der Waals surface area contributed by atoms with E-state index in [1.807, 2.05) is 6.07 Å². The van der Waals surface area contributed by atoms with E-state index < -0.39 is 11.9 Å². The zero-order valence-corrected chi connectivity index (χ0v) is 11.5. The minimum atomic E-state index is -0.928. The third-order valence-electron chi connectivity index (χ3n) is 3.42. The number of carbonyl (C=O) groups excluding carboxylic acids is 1. The van der Waals surface area contributed by atoms with Crippen molar-refractivity contribution in [1.29, 1.82) is 0 Å². The van der Waals surface area contributed by atoms with Crippen molar-refractivity contribution < 1.29 is 24.2 Å². The molecule has 0 unspecified atom stereocenters. The van der Waals surface area contributed by atoms with Crippen molar-refractivity contribution in [1.82, 2.24) is 4.90 Å². The summed E-state index contributed by atoms with van der Waals surface area (Å²) in [5.74, 6) is -0.401. The first kappa shape index (κ1) is 14.2. The normalized spacial score (nSPS) is 18.2. The van der Waals surface area contributed by atoms with E-state index in [4.69, 9.17) is 14.6 Å². The van der Waals surface area contributed by atoms with E-state index >= 15 is 0 Å². The topological polar surface area (TPSA) is 76.1 Å². The van der Waals surface area contributed by atoms with Crippen LogP contribution in [-0.4, -0.2) is 42.6 Å². The Balaban J connectivity index is 2.14. The van der Waals surface area contributed by atoms with Crippen LogP contribution < -0.4 is 9.47 Å². The molecule has 1 heterocycles. The lowest BCUT2D eigenvalue weighted by Gasteiger charge is -2.18. The quantitative estimate of drug-likeness (QED) is 0.874. The van der Waals surface area contributed by atoms with Crippen LogP contribution in [0.4, 0.5) is 0 Å². The number of hydrogen-bond acceptors (Lipinski definition) is 4. The first-order valence-electron chi connectivity index (χ1n) is 6.26. The minimum Gasteiger partial charge on any atom is -0.497 e. The van der Waals surface area contributed by atoms with Gasteiger partial charge in [0.05, 0.1) is 20.1 Å². The highest BCUT2D eigenvalue weighted by atomic mass is 16.5. The van der Waals surface area contributed by atoms with Crippen LogP contribution in [-0.2, 0) is 16.1 Å². The van der Waals surface area contributed by atoms with Gasteiger partial charge in [0, 0.05) is 31.1 Å². The summed E-state index contributed by atoms with van der Waals surface area (Å²) in [6.07, 6.45) is 0.0633. The van der Waals surface area contributed by atoms with Gasteiger partial charge in [-0.15, -0.1) is 0 Å². The van der Waals surface area contributed by atoms with Gasteiger partial charge in [-0.25, -0.2) is 0 Å². The highest BCUT2D eigenvalue weighted by Crippen LogP contribution is 2.28. The number of ether oxygens (including phenoxy) is 2. The number of likely N-dealkylation sites (tertiary alicyclic amines) is 1. The van der Waals surface area contributed by atoms with Crippen LogP contribution in [0, 0.1) is 5.92 Å². The molecule has 1 N–H and O–H groups in total. The fourth-order valence-electron chi connectivity index (χ4n) is 2.28. The summed E-state index contributed by atoms with van der Waals surface area (Å²) in [6.45, 7) is 0.582. The molecule has 6 heteroatoms. The number of carboxylic acids is 1. The van der Waals surface area contributed by atoms with E-state index in [-0.39, 0.29) is 18.9 Å². The van der Waals surface area contributed by atoms with Gasteiger partial charge in [0.1, 0.15) is 11.5 Å². The van der Waals surface area contributed by atoms with Gasteiger partial charge in [0.2, 0.25) is 5.91 Å². The van der Waals surface area contributed by atoms with Gasteiger partial charge < -0.3 is 19.5 Å². The number of carboxylic acid groups (broad SMARTS) is 1. The molecule has 1 fully saturated rings. The first-order chi connectivity index (χ1) is 9.55. The third kappa shape index (κ3) is 2.84. The zero-order valence-electron chi connectivity index (χ0n) is 11.5. The Morgan fingerprint density at radius 2 is 2.15 bits per heavy atom. The minimum absolute atomic E-state index is 0.0633. The molecule has 1 saturated heterocycles. The molecule has 1 aromatic carbocycles. The Kier molecular flexibility index (Phi) is 4.12. The molecule has 1 aliphatic rings. The van der Waals surface area contributed by atoms with E-state index in [1.165, 1.54) is 0 Å². The summed E-state index contributed by atoms with van der Waals surface area (Å²) in [7, 11) is 3.11. The summed E-state index contributed by atoms with van der Waals surface area (Å²) in [5, 5.41) is 8.96. The average Bonchev–Trinajstić information content (AvgIpc) is 2.81. The lowest BCUT2D eigenvalue weighted by molar-refractivity contribution is -0.141. The number of aliphatic carboxylic acids is 1. The third-order valence-corrected chi connectivity index (χ3v) is 3.42. The van der Waals surface area contributed by atoms with Crippen molar-refractivity contribution in [3.05, 3.63) is 23.8 Å². The number of carbonyl (C=O) groups is 2. The highest BCUT2D eigenvalue weighted by Gasteiger charge is 2.34. The molecule has 20 heavy (non-hydrogen) atoms. The molecule has 6 nitrogen and oxygen atoms in total. The van der Waals surface area contributed by atoms with Gasteiger partial charge in [-0.1, -0.05) is 0 Å². The molecule has 0 saturated carbocycles. The summed E-state index contributed by atoms with van der Waals surface area (Å²) in [6, 6.07) is 5.34. The Morgan fingerprint density at radius 1 is 1.40 bits per heavy atom. The van der Waals surface area contributed by atoms with E-state index in [0.717, 1.165) is 5.56 Å². The van der Waals surface area contributed by atoms with Gasteiger partial charge in [0.15, 0.2) is 0 Å². The van der Waals surface area contributed by atoms with E-state index in [9.17, 15) is 9.59 Å². The number of methoxy groups -OCH3 is 2. The molecule has 0 radical (unpaired) electrons. The van der Waals surface area contributed by atoms with Gasteiger partial charge in [-0.3, -0.25) is 9.59 Å². The van der Waals surface area contributed by atoms with Crippen LogP contribution in [0.5, 0.6) is 11.5 Å². The number of hydrogen-bond donors (Lipinski definition) is 1. The van der Waals surface area contributed by atoms with Crippen LogP contribution in [0.1, 0.15) is 12.0 Å². The summed E-state index contributed by atoms with van der Waals surface area (Å²) < 4.78 is 10.4. The van der Waals surface area contributed by atoms with Crippen LogP contribution in [0.25, 0.3) is 0 Å². The van der Waals surface area contributed by atoms with E-state index in [1.54, 1.807) is 31.3 Å². The predicted molar refractivity (Wildman–Crippen MR) is 70.7 cm³/mol. The van der Waals surface area contributed by atoms with E-state index in [2.05, 4.69) is 0 Å².